The summed E-state index contributed by atoms with van der Waals surface area (Å²) >= 11 is 0. The van der Waals surface area contributed by atoms with Crippen molar-refractivity contribution in [3.63, 3.8) is 0 Å². The molecular weight excluding hydrogens is 274 g/mol. The Bertz CT molecular complexity index is 650. The lowest BCUT2D eigenvalue weighted by Crippen LogP contribution is -2.20. The minimum absolute atomic E-state index is 0.225. The Hall–Kier alpha value is -2.33. The summed E-state index contributed by atoms with van der Waals surface area (Å²) in [6, 6.07) is 13.8. The van der Waals surface area contributed by atoms with Gasteiger partial charge in [-0.25, -0.2) is 4.79 Å². The van der Waals surface area contributed by atoms with Crippen LogP contribution < -0.4 is 16.4 Å². The maximum atomic E-state index is 10.8. The van der Waals surface area contributed by atoms with Crippen molar-refractivity contribution in [3.8, 4) is 0 Å². The second kappa shape index (κ2) is 7.09. The summed E-state index contributed by atoms with van der Waals surface area (Å²) in [5.41, 5.74) is 10.9. The molecule has 22 heavy (non-hydrogen) atoms. The number of primary amides is 1. The van der Waals surface area contributed by atoms with Gasteiger partial charge in [0.15, 0.2) is 0 Å². The lowest BCUT2D eigenvalue weighted by atomic mass is 10.0. The van der Waals surface area contributed by atoms with Crippen LogP contribution in [0.1, 0.15) is 35.2 Å². The molecule has 0 spiro atoms. The molecule has 0 aliphatic carbocycles. The molecule has 116 valence electrons. The summed E-state index contributed by atoms with van der Waals surface area (Å²) in [6.45, 7) is 7.24. The highest BCUT2D eigenvalue weighted by Crippen LogP contribution is 2.18. The molecule has 0 aromatic heterocycles. The third-order valence-electron chi connectivity index (χ3n) is 3.99. The maximum absolute atomic E-state index is 10.8. The lowest BCUT2D eigenvalue weighted by molar-refractivity contribution is 0.259. The first-order valence-electron chi connectivity index (χ1n) is 7.42. The summed E-state index contributed by atoms with van der Waals surface area (Å²) in [7, 11) is 0. The van der Waals surface area contributed by atoms with E-state index in [-0.39, 0.29) is 6.04 Å². The molecule has 2 aromatic rings. The number of carbonyl (C=O) groups is 1. The molecule has 0 heterocycles. The number of anilines is 1. The Morgan fingerprint density at radius 3 is 2.45 bits per heavy atom. The third kappa shape index (κ3) is 4.09. The topological polar surface area (TPSA) is 67.2 Å². The number of aryl methyl sites for hydroxylation is 1. The van der Waals surface area contributed by atoms with Crippen LogP contribution in [0.4, 0.5) is 10.5 Å². The fourth-order valence-corrected chi connectivity index (χ4v) is 2.38. The Labute approximate surface area is 131 Å². The third-order valence-corrected chi connectivity index (χ3v) is 3.99. The van der Waals surface area contributed by atoms with Crippen molar-refractivity contribution in [2.24, 2.45) is 5.73 Å². The summed E-state index contributed by atoms with van der Waals surface area (Å²) in [5, 5.41) is 6.09. The molecule has 1 atom stereocenters. The van der Waals surface area contributed by atoms with E-state index >= 15 is 0 Å². The number of nitrogens with two attached hydrogens (primary N) is 1. The normalized spacial score (nSPS) is 12.0. The van der Waals surface area contributed by atoms with Gasteiger partial charge in [-0.15, -0.1) is 0 Å². The zero-order valence-electron chi connectivity index (χ0n) is 13.3. The van der Waals surface area contributed by atoms with Crippen LogP contribution in [0.2, 0.25) is 0 Å². The fraction of sp³-hybridized carbons (Fsp3) is 0.278. The van der Waals surface area contributed by atoms with Crippen LogP contribution in [0.3, 0.4) is 0 Å². The molecule has 0 aliphatic rings. The number of nitrogens with one attached hydrogen (secondary N) is 2. The summed E-state index contributed by atoms with van der Waals surface area (Å²) < 4.78 is 0. The van der Waals surface area contributed by atoms with E-state index < -0.39 is 6.03 Å². The van der Waals surface area contributed by atoms with E-state index in [2.05, 4.69) is 49.6 Å². The van der Waals surface area contributed by atoms with E-state index in [1.165, 1.54) is 22.3 Å². The van der Waals surface area contributed by atoms with E-state index in [0.29, 0.717) is 5.69 Å². The second-order valence-electron chi connectivity index (χ2n) is 5.57. The van der Waals surface area contributed by atoms with E-state index in [0.717, 1.165) is 6.54 Å². The predicted octanol–water partition coefficient (Wildman–Crippen LogP) is 3.64. The molecule has 0 saturated heterocycles. The number of urea groups is 1. The number of hydrogen-bond donors (Lipinski definition) is 3. The average molecular weight is 297 g/mol. The molecule has 0 aliphatic heterocycles. The number of amides is 2. The maximum Gasteiger partial charge on any atom is 0.316 e. The first-order valence-corrected chi connectivity index (χ1v) is 7.42. The van der Waals surface area contributed by atoms with Crippen molar-refractivity contribution in [2.75, 3.05) is 5.32 Å². The molecule has 1 unspecified atom stereocenters. The summed E-state index contributed by atoms with van der Waals surface area (Å²) in [5.74, 6) is 0. The Morgan fingerprint density at radius 2 is 1.82 bits per heavy atom. The smallest absolute Gasteiger partial charge is 0.316 e. The van der Waals surface area contributed by atoms with Crippen LogP contribution in [0.25, 0.3) is 0 Å². The number of carbonyl (C=O) groups excluding carboxylic acids is 1. The molecular formula is C18H23N3O. The Balaban J connectivity index is 1.98. The standard InChI is InChI=1S/C18H23N3O/c1-12-5-4-6-16(13(12)2)11-20-14(3)15-7-9-17(10-8-15)21-18(19)22/h4-10,14,20H,11H2,1-3H3,(H3,19,21,22). The number of benzene rings is 2. The van der Waals surface area contributed by atoms with Gasteiger partial charge in [0.2, 0.25) is 0 Å². The molecule has 0 saturated carbocycles. The van der Waals surface area contributed by atoms with E-state index in [1.54, 1.807) is 0 Å². The van der Waals surface area contributed by atoms with Crippen molar-refractivity contribution in [3.05, 3.63) is 64.7 Å². The molecule has 4 heteroatoms. The van der Waals surface area contributed by atoms with Crippen LogP contribution in [0.5, 0.6) is 0 Å². The predicted molar refractivity (Wildman–Crippen MR) is 90.8 cm³/mol. The minimum Gasteiger partial charge on any atom is -0.351 e. The average Bonchev–Trinajstić information content (AvgIpc) is 2.48. The first kappa shape index (κ1) is 16.0. The van der Waals surface area contributed by atoms with Crippen LogP contribution in [-0.2, 0) is 6.54 Å². The second-order valence-corrected chi connectivity index (χ2v) is 5.57. The largest absolute Gasteiger partial charge is 0.351 e. The van der Waals surface area contributed by atoms with Gasteiger partial charge >= 0.3 is 6.03 Å². The van der Waals surface area contributed by atoms with Crippen LogP contribution in [0, 0.1) is 13.8 Å². The Morgan fingerprint density at radius 1 is 1.14 bits per heavy atom. The van der Waals surface area contributed by atoms with Gasteiger partial charge in [0.1, 0.15) is 0 Å². The molecule has 0 bridgehead atoms. The first-order chi connectivity index (χ1) is 10.5. The van der Waals surface area contributed by atoms with Crippen molar-refractivity contribution < 1.29 is 4.79 Å². The van der Waals surface area contributed by atoms with Gasteiger partial charge < -0.3 is 16.4 Å². The molecule has 4 nitrogen and oxygen atoms in total. The minimum atomic E-state index is -0.547. The van der Waals surface area contributed by atoms with Gasteiger partial charge in [0.05, 0.1) is 0 Å². The summed E-state index contributed by atoms with van der Waals surface area (Å²) in [6.07, 6.45) is 0. The highest BCUT2D eigenvalue weighted by molar-refractivity contribution is 5.87. The zero-order valence-corrected chi connectivity index (χ0v) is 13.3. The molecule has 0 fully saturated rings. The molecule has 2 aromatic carbocycles. The van der Waals surface area contributed by atoms with Crippen molar-refractivity contribution >= 4 is 11.7 Å². The van der Waals surface area contributed by atoms with Crippen molar-refractivity contribution in [1.29, 1.82) is 0 Å². The number of rotatable bonds is 5. The Kier molecular flexibility index (Phi) is 5.17. The van der Waals surface area contributed by atoms with E-state index in [1.807, 2.05) is 24.3 Å². The number of hydrogen-bond acceptors (Lipinski definition) is 2. The fourth-order valence-electron chi connectivity index (χ4n) is 2.38. The summed E-state index contributed by atoms with van der Waals surface area (Å²) in [4.78, 5) is 10.8. The molecule has 0 radical (unpaired) electrons. The van der Waals surface area contributed by atoms with E-state index in [4.69, 9.17) is 5.73 Å². The van der Waals surface area contributed by atoms with Crippen LogP contribution in [-0.4, -0.2) is 6.03 Å². The van der Waals surface area contributed by atoms with Crippen molar-refractivity contribution in [2.45, 2.75) is 33.4 Å². The van der Waals surface area contributed by atoms with Gasteiger partial charge in [-0.05, 0) is 55.2 Å². The van der Waals surface area contributed by atoms with Gasteiger partial charge in [0, 0.05) is 18.3 Å². The molecule has 4 N–H and O–H groups in total. The molecule has 2 amide bonds. The van der Waals surface area contributed by atoms with Gasteiger partial charge in [-0.1, -0.05) is 30.3 Å². The quantitative estimate of drug-likeness (QED) is 0.788. The zero-order chi connectivity index (χ0) is 16.1. The van der Waals surface area contributed by atoms with Crippen molar-refractivity contribution in [1.82, 2.24) is 5.32 Å². The SMILES string of the molecule is Cc1cccc(CNC(C)c2ccc(NC(N)=O)cc2)c1C. The lowest BCUT2D eigenvalue weighted by Gasteiger charge is -2.16. The van der Waals surface area contributed by atoms with Crippen LogP contribution in [0.15, 0.2) is 42.5 Å². The monoisotopic (exact) mass is 297 g/mol. The van der Waals surface area contributed by atoms with Crippen LogP contribution >= 0.6 is 0 Å². The highest BCUT2D eigenvalue weighted by Gasteiger charge is 2.07. The van der Waals surface area contributed by atoms with Gasteiger partial charge in [0.25, 0.3) is 0 Å². The molecule has 2 rings (SSSR count). The van der Waals surface area contributed by atoms with Gasteiger partial charge in [-0.2, -0.15) is 0 Å². The van der Waals surface area contributed by atoms with Gasteiger partial charge in [-0.3, -0.25) is 0 Å². The highest BCUT2D eigenvalue weighted by atomic mass is 16.2. The van der Waals surface area contributed by atoms with E-state index in [9.17, 15) is 4.79 Å².